The van der Waals surface area contributed by atoms with Gasteiger partial charge in [-0.2, -0.15) is 5.26 Å². The number of nitrogens with zero attached hydrogens (tertiary/aromatic N) is 1. The van der Waals surface area contributed by atoms with Crippen molar-refractivity contribution < 1.29 is 22.3 Å². The Kier molecular flexibility index (Phi) is 3.63. The molecule has 80 valence electrons. The SMILES string of the molecule is N#CCOCc1c(F)c(F)cc(F)c1F. The summed E-state index contributed by atoms with van der Waals surface area (Å²) in [6.45, 7) is -1.11. The number of halogens is 4. The molecule has 15 heavy (non-hydrogen) atoms. The van der Waals surface area contributed by atoms with E-state index < -0.39 is 42.0 Å². The summed E-state index contributed by atoms with van der Waals surface area (Å²) in [6, 6.07) is 1.66. The van der Waals surface area contributed by atoms with Crippen molar-refractivity contribution in [3.8, 4) is 6.07 Å². The molecule has 6 heteroatoms. The van der Waals surface area contributed by atoms with E-state index in [4.69, 9.17) is 5.26 Å². The highest BCUT2D eigenvalue weighted by Gasteiger charge is 2.18. The van der Waals surface area contributed by atoms with Crippen LogP contribution in [-0.4, -0.2) is 6.61 Å². The van der Waals surface area contributed by atoms with E-state index in [1.807, 2.05) is 0 Å². The fraction of sp³-hybridized carbons (Fsp3) is 0.222. The molecule has 0 saturated heterocycles. The van der Waals surface area contributed by atoms with E-state index in [1.54, 1.807) is 6.07 Å². The summed E-state index contributed by atoms with van der Waals surface area (Å²) in [5.41, 5.74) is -0.859. The topological polar surface area (TPSA) is 33.0 Å². The lowest BCUT2D eigenvalue weighted by molar-refractivity contribution is 0.144. The zero-order chi connectivity index (χ0) is 11.4. The van der Waals surface area contributed by atoms with Gasteiger partial charge in [0.25, 0.3) is 0 Å². The molecule has 0 bridgehead atoms. The summed E-state index contributed by atoms with van der Waals surface area (Å²) < 4.78 is 55.6. The lowest BCUT2D eigenvalue weighted by Crippen LogP contribution is -2.05. The molecule has 0 fully saturated rings. The summed E-state index contributed by atoms with van der Waals surface area (Å²) in [5, 5.41) is 8.08. The van der Waals surface area contributed by atoms with Gasteiger partial charge in [-0.25, -0.2) is 17.6 Å². The molecule has 1 rings (SSSR count). The third-order valence-electron chi connectivity index (χ3n) is 1.62. The van der Waals surface area contributed by atoms with Crippen molar-refractivity contribution in [2.45, 2.75) is 6.61 Å². The predicted molar refractivity (Wildman–Crippen MR) is 41.5 cm³/mol. The Labute approximate surface area is 82.7 Å². The molecule has 0 spiro atoms. The minimum Gasteiger partial charge on any atom is -0.362 e. The third kappa shape index (κ3) is 2.44. The first-order chi connectivity index (χ1) is 7.07. The minimum absolute atomic E-state index is 0.110. The molecule has 0 amide bonds. The van der Waals surface area contributed by atoms with Crippen molar-refractivity contribution in [1.82, 2.24) is 0 Å². The number of benzene rings is 1. The van der Waals surface area contributed by atoms with Gasteiger partial charge in [0.15, 0.2) is 23.3 Å². The van der Waals surface area contributed by atoms with Crippen molar-refractivity contribution >= 4 is 0 Å². The second-order valence-corrected chi connectivity index (χ2v) is 2.60. The molecule has 2 nitrogen and oxygen atoms in total. The zero-order valence-electron chi connectivity index (χ0n) is 7.36. The second-order valence-electron chi connectivity index (χ2n) is 2.60. The molecule has 0 heterocycles. The normalized spacial score (nSPS) is 10.1. The molecule has 0 aliphatic carbocycles. The molecule has 1 aromatic carbocycles. The van der Waals surface area contributed by atoms with Crippen molar-refractivity contribution in [3.05, 3.63) is 34.9 Å². The lowest BCUT2D eigenvalue weighted by atomic mass is 10.2. The van der Waals surface area contributed by atoms with E-state index in [1.165, 1.54) is 0 Å². The van der Waals surface area contributed by atoms with Crippen molar-refractivity contribution in [1.29, 1.82) is 5.26 Å². The van der Waals surface area contributed by atoms with Crippen LogP contribution in [0.25, 0.3) is 0 Å². The minimum atomic E-state index is -1.51. The van der Waals surface area contributed by atoms with E-state index in [9.17, 15) is 17.6 Å². The van der Waals surface area contributed by atoms with Crippen LogP contribution in [0.15, 0.2) is 6.07 Å². The summed E-state index contributed by atoms with van der Waals surface area (Å²) in [7, 11) is 0. The molecule has 0 aliphatic heterocycles. The van der Waals surface area contributed by atoms with Crippen LogP contribution in [0.5, 0.6) is 0 Å². The summed E-state index contributed by atoms with van der Waals surface area (Å²) >= 11 is 0. The van der Waals surface area contributed by atoms with Crippen LogP contribution >= 0.6 is 0 Å². The molecule has 0 aromatic heterocycles. The maximum Gasteiger partial charge on any atom is 0.167 e. The maximum atomic E-state index is 12.9. The first-order valence-corrected chi connectivity index (χ1v) is 3.84. The van der Waals surface area contributed by atoms with Gasteiger partial charge >= 0.3 is 0 Å². The van der Waals surface area contributed by atoms with Crippen LogP contribution in [0.4, 0.5) is 17.6 Å². The molecule has 1 aromatic rings. The highest BCUT2D eigenvalue weighted by molar-refractivity contribution is 5.21. The highest BCUT2D eigenvalue weighted by Crippen LogP contribution is 2.19. The van der Waals surface area contributed by atoms with Crippen molar-refractivity contribution in [2.75, 3.05) is 6.61 Å². The van der Waals surface area contributed by atoms with Gasteiger partial charge in [-0.3, -0.25) is 0 Å². The Balaban J connectivity index is 3.00. The Morgan fingerprint density at radius 2 is 1.67 bits per heavy atom. The summed E-state index contributed by atoms with van der Waals surface area (Å²) in [5.74, 6) is -6.01. The van der Waals surface area contributed by atoms with E-state index in [-0.39, 0.29) is 6.07 Å². The van der Waals surface area contributed by atoms with Gasteiger partial charge in [-0.1, -0.05) is 0 Å². The highest BCUT2D eigenvalue weighted by atomic mass is 19.2. The predicted octanol–water partition coefficient (Wildman–Crippen LogP) is 2.28. The van der Waals surface area contributed by atoms with Gasteiger partial charge in [-0.05, 0) is 0 Å². The smallest absolute Gasteiger partial charge is 0.167 e. The molecule has 0 aliphatic rings. The Morgan fingerprint density at radius 1 is 1.13 bits per heavy atom. The van der Waals surface area contributed by atoms with Gasteiger partial charge in [-0.15, -0.1) is 0 Å². The first kappa shape index (κ1) is 11.5. The van der Waals surface area contributed by atoms with Gasteiger partial charge in [0, 0.05) is 6.07 Å². The Morgan fingerprint density at radius 3 is 2.13 bits per heavy atom. The average molecular weight is 219 g/mol. The Bertz CT molecular complexity index is 387. The fourth-order valence-electron chi connectivity index (χ4n) is 0.948. The van der Waals surface area contributed by atoms with E-state index >= 15 is 0 Å². The number of rotatable bonds is 3. The monoisotopic (exact) mass is 219 g/mol. The first-order valence-electron chi connectivity index (χ1n) is 3.84. The van der Waals surface area contributed by atoms with Crippen LogP contribution < -0.4 is 0 Å². The van der Waals surface area contributed by atoms with Gasteiger partial charge < -0.3 is 4.74 Å². The standard InChI is InChI=1S/C9H5F4NO/c10-6-3-7(11)9(13)5(8(6)12)4-15-2-1-14/h3H,2,4H2. The maximum absolute atomic E-state index is 12.9. The van der Waals surface area contributed by atoms with Crippen molar-refractivity contribution in [2.24, 2.45) is 0 Å². The van der Waals surface area contributed by atoms with Gasteiger partial charge in [0.1, 0.15) is 6.61 Å². The summed E-state index contributed by atoms with van der Waals surface area (Å²) in [4.78, 5) is 0. The molecule has 0 N–H and O–H groups in total. The number of ether oxygens (including phenoxy) is 1. The van der Waals surface area contributed by atoms with E-state index in [2.05, 4.69) is 4.74 Å². The molecule has 0 radical (unpaired) electrons. The fourth-order valence-corrected chi connectivity index (χ4v) is 0.948. The van der Waals surface area contributed by atoms with Crippen LogP contribution in [0.2, 0.25) is 0 Å². The van der Waals surface area contributed by atoms with E-state index in [0.29, 0.717) is 0 Å². The molecular weight excluding hydrogens is 214 g/mol. The van der Waals surface area contributed by atoms with E-state index in [0.717, 1.165) is 0 Å². The van der Waals surface area contributed by atoms with Crippen LogP contribution in [0.3, 0.4) is 0 Å². The summed E-state index contributed by atoms with van der Waals surface area (Å²) in [6.07, 6.45) is 0. The van der Waals surface area contributed by atoms with Crippen LogP contribution in [-0.2, 0) is 11.3 Å². The molecule has 0 unspecified atom stereocenters. The van der Waals surface area contributed by atoms with Crippen LogP contribution in [0.1, 0.15) is 5.56 Å². The van der Waals surface area contributed by atoms with Crippen molar-refractivity contribution in [3.63, 3.8) is 0 Å². The average Bonchev–Trinajstić information content (AvgIpc) is 2.20. The number of nitriles is 1. The third-order valence-corrected chi connectivity index (χ3v) is 1.62. The van der Waals surface area contributed by atoms with Gasteiger partial charge in [0.05, 0.1) is 18.2 Å². The lowest BCUT2D eigenvalue weighted by Gasteiger charge is -2.05. The molecular formula is C9H5F4NO. The molecule has 0 atom stereocenters. The number of hydrogen-bond donors (Lipinski definition) is 0. The Hall–Kier alpha value is -1.61. The molecule has 0 saturated carbocycles. The van der Waals surface area contributed by atoms with Crippen LogP contribution in [0, 0.1) is 34.6 Å². The number of hydrogen-bond acceptors (Lipinski definition) is 2. The zero-order valence-corrected chi connectivity index (χ0v) is 7.36. The van der Waals surface area contributed by atoms with Gasteiger partial charge in [0.2, 0.25) is 0 Å². The second kappa shape index (κ2) is 4.75. The quantitative estimate of drug-likeness (QED) is 0.444. The largest absolute Gasteiger partial charge is 0.362 e.